The summed E-state index contributed by atoms with van der Waals surface area (Å²) in [7, 11) is 3.35. The molecule has 0 radical (unpaired) electrons. The van der Waals surface area contributed by atoms with Crippen LogP contribution in [0.4, 0.5) is 0 Å². The van der Waals surface area contributed by atoms with Gasteiger partial charge in [0.15, 0.2) is 0 Å². The van der Waals surface area contributed by atoms with Gasteiger partial charge in [0.1, 0.15) is 11.5 Å². The first kappa shape index (κ1) is 14.8. The van der Waals surface area contributed by atoms with Crippen molar-refractivity contribution in [3.05, 3.63) is 23.3 Å². The van der Waals surface area contributed by atoms with Gasteiger partial charge in [-0.3, -0.25) is 0 Å². The highest BCUT2D eigenvalue weighted by molar-refractivity contribution is 5.50. The predicted molar refractivity (Wildman–Crippen MR) is 74.4 cm³/mol. The molecule has 18 heavy (non-hydrogen) atoms. The van der Waals surface area contributed by atoms with Gasteiger partial charge in [0.25, 0.3) is 0 Å². The molecule has 0 atom stereocenters. The molecule has 0 spiro atoms. The number of benzene rings is 1. The molecule has 0 aliphatic rings. The zero-order valence-corrected chi connectivity index (χ0v) is 12.0. The van der Waals surface area contributed by atoms with E-state index in [-0.39, 0.29) is 5.41 Å². The highest BCUT2D eigenvalue weighted by Crippen LogP contribution is 2.37. The molecular formula is C14H24N2O2. The third-order valence-electron chi connectivity index (χ3n) is 3.12. The molecule has 4 nitrogen and oxygen atoms in total. The first-order valence-electron chi connectivity index (χ1n) is 6.10. The van der Waals surface area contributed by atoms with Crippen LogP contribution in [0, 0.1) is 6.92 Å². The minimum atomic E-state index is -0.0545. The number of nitrogens with two attached hydrogens (primary N) is 1. The van der Waals surface area contributed by atoms with Gasteiger partial charge in [0, 0.05) is 30.3 Å². The van der Waals surface area contributed by atoms with Crippen LogP contribution in [0.5, 0.6) is 11.5 Å². The highest BCUT2D eigenvalue weighted by atomic mass is 16.5. The fourth-order valence-electron chi connectivity index (χ4n) is 2.34. The average Bonchev–Trinajstić information content (AvgIpc) is 2.34. The largest absolute Gasteiger partial charge is 0.497 e. The van der Waals surface area contributed by atoms with E-state index < -0.39 is 0 Å². The predicted octanol–water partition coefficient (Wildman–Crippen LogP) is 1.80. The lowest BCUT2D eigenvalue weighted by atomic mass is 9.81. The molecule has 0 bridgehead atoms. The molecule has 0 aliphatic heterocycles. The molecule has 0 aliphatic carbocycles. The van der Waals surface area contributed by atoms with Crippen molar-refractivity contribution in [1.29, 1.82) is 0 Å². The van der Waals surface area contributed by atoms with Crippen molar-refractivity contribution in [2.45, 2.75) is 26.2 Å². The monoisotopic (exact) mass is 252 g/mol. The first-order valence-corrected chi connectivity index (χ1v) is 6.10. The van der Waals surface area contributed by atoms with Gasteiger partial charge < -0.3 is 20.5 Å². The maximum absolute atomic E-state index is 5.51. The Morgan fingerprint density at radius 3 is 2.39 bits per heavy atom. The molecular weight excluding hydrogens is 228 g/mol. The SMILES string of the molecule is COc1cc(C)c(C(C)(C)CNCN)c(OC)c1. The maximum Gasteiger partial charge on any atom is 0.126 e. The zero-order valence-electron chi connectivity index (χ0n) is 12.0. The molecule has 3 N–H and O–H groups in total. The molecule has 4 heteroatoms. The molecule has 1 aromatic rings. The lowest BCUT2D eigenvalue weighted by molar-refractivity contribution is 0.374. The van der Waals surface area contributed by atoms with Gasteiger partial charge in [-0.1, -0.05) is 13.8 Å². The summed E-state index contributed by atoms with van der Waals surface area (Å²) >= 11 is 0. The third kappa shape index (κ3) is 3.15. The Kier molecular flexibility index (Phi) is 4.99. The third-order valence-corrected chi connectivity index (χ3v) is 3.12. The second-order valence-electron chi connectivity index (χ2n) is 5.04. The van der Waals surface area contributed by atoms with E-state index >= 15 is 0 Å². The summed E-state index contributed by atoms with van der Waals surface area (Å²) in [4.78, 5) is 0. The van der Waals surface area contributed by atoms with Crippen molar-refractivity contribution in [2.24, 2.45) is 5.73 Å². The number of nitrogens with one attached hydrogen (secondary N) is 1. The van der Waals surface area contributed by atoms with Gasteiger partial charge in [-0.2, -0.15) is 0 Å². The van der Waals surface area contributed by atoms with Gasteiger partial charge in [-0.05, 0) is 18.6 Å². The average molecular weight is 252 g/mol. The summed E-state index contributed by atoms with van der Waals surface area (Å²) in [5, 5.41) is 3.19. The molecule has 0 saturated heterocycles. The van der Waals surface area contributed by atoms with Crippen LogP contribution in [0.15, 0.2) is 12.1 Å². The van der Waals surface area contributed by atoms with E-state index in [0.29, 0.717) is 6.67 Å². The number of ether oxygens (including phenoxy) is 2. The van der Waals surface area contributed by atoms with Gasteiger partial charge >= 0.3 is 0 Å². The number of hydrogen-bond donors (Lipinski definition) is 2. The van der Waals surface area contributed by atoms with Crippen LogP contribution in [0.25, 0.3) is 0 Å². The van der Waals surface area contributed by atoms with Gasteiger partial charge in [-0.25, -0.2) is 0 Å². The summed E-state index contributed by atoms with van der Waals surface area (Å²) in [6.07, 6.45) is 0. The van der Waals surface area contributed by atoms with Crippen molar-refractivity contribution < 1.29 is 9.47 Å². The Balaban J connectivity index is 3.21. The van der Waals surface area contributed by atoms with E-state index in [1.165, 1.54) is 5.56 Å². The summed E-state index contributed by atoms with van der Waals surface area (Å²) in [6, 6.07) is 3.95. The van der Waals surface area contributed by atoms with E-state index in [2.05, 4.69) is 26.1 Å². The summed E-state index contributed by atoms with van der Waals surface area (Å²) in [5.41, 5.74) is 7.80. The van der Waals surface area contributed by atoms with Crippen LogP contribution in [0.1, 0.15) is 25.0 Å². The topological polar surface area (TPSA) is 56.5 Å². The van der Waals surface area contributed by atoms with Crippen molar-refractivity contribution in [1.82, 2.24) is 5.32 Å². The van der Waals surface area contributed by atoms with E-state index in [4.69, 9.17) is 15.2 Å². The summed E-state index contributed by atoms with van der Waals surface area (Å²) in [5.74, 6) is 1.67. The molecule has 1 aromatic carbocycles. The van der Waals surface area contributed by atoms with Gasteiger partial charge in [0.2, 0.25) is 0 Å². The van der Waals surface area contributed by atoms with E-state index in [9.17, 15) is 0 Å². The van der Waals surface area contributed by atoms with Crippen molar-refractivity contribution in [3.8, 4) is 11.5 Å². The van der Waals surface area contributed by atoms with Crippen LogP contribution in [0.3, 0.4) is 0 Å². The van der Waals surface area contributed by atoms with Crippen LogP contribution >= 0.6 is 0 Å². The Morgan fingerprint density at radius 2 is 1.89 bits per heavy atom. The molecule has 0 saturated carbocycles. The quantitative estimate of drug-likeness (QED) is 0.758. The van der Waals surface area contributed by atoms with Crippen LogP contribution < -0.4 is 20.5 Å². The van der Waals surface area contributed by atoms with E-state index in [0.717, 1.165) is 23.6 Å². The van der Waals surface area contributed by atoms with Crippen LogP contribution in [-0.2, 0) is 5.41 Å². The van der Waals surface area contributed by atoms with E-state index in [1.54, 1.807) is 14.2 Å². The number of rotatable bonds is 6. The minimum Gasteiger partial charge on any atom is -0.497 e. The Labute approximate surface area is 109 Å². The number of methoxy groups -OCH3 is 2. The molecule has 102 valence electrons. The summed E-state index contributed by atoms with van der Waals surface area (Å²) in [6.45, 7) is 7.69. The Hall–Kier alpha value is -1.26. The first-order chi connectivity index (χ1) is 8.46. The maximum atomic E-state index is 5.51. The fraction of sp³-hybridized carbons (Fsp3) is 0.571. The van der Waals surface area contributed by atoms with Crippen LogP contribution in [-0.4, -0.2) is 27.4 Å². The van der Waals surface area contributed by atoms with Crippen molar-refractivity contribution in [2.75, 3.05) is 27.4 Å². The molecule has 0 unspecified atom stereocenters. The standard InChI is InChI=1S/C14H24N2O2/c1-10-6-11(17-4)7-12(18-5)13(10)14(2,3)8-16-9-15/h6-7,16H,8-9,15H2,1-5H3. The van der Waals surface area contributed by atoms with Gasteiger partial charge in [0.05, 0.1) is 14.2 Å². The molecule has 0 amide bonds. The van der Waals surface area contributed by atoms with Crippen molar-refractivity contribution >= 4 is 0 Å². The highest BCUT2D eigenvalue weighted by Gasteiger charge is 2.26. The zero-order chi connectivity index (χ0) is 13.8. The lowest BCUT2D eigenvalue weighted by Gasteiger charge is -2.29. The fourth-order valence-corrected chi connectivity index (χ4v) is 2.34. The Bertz CT molecular complexity index is 403. The van der Waals surface area contributed by atoms with Gasteiger partial charge in [-0.15, -0.1) is 0 Å². The van der Waals surface area contributed by atoms with Crippen LogP contribution in [0.2, 0.25) is 0 Å². The van der Waals surface area contributed by atoms with Crippen molar-refractivity contribution in [3.63, 3.8) is 0 Å². The Morgan fingerprint density at radius 1 is 1.22 bits per heavy atom. The molecule has 0 fully saturated rings. The second kappa shape index (κ2) is 6.07. The molecule has 0 aromatic heterocycles. The second-order valence-corrected chi connectivity index (χ2v) is 5.04. The summed E-state index contributed by atoms with van der Waals surface area (Å²) < 4.78 is 10.8. The number of aryl methyl sites for hydroxylation is 1. The molecule has 0 heterocycles. The molecule has 1 rings (SSSR count). The smallest absolute Gasteiger partial charge is 0.126 e. The number of hydrogen-bond acceptors (Lipinski definition) is 4. The normalized spacial score (nSPS) is 11.4. The lowest BCUT2D eigenvalue weighted by Crippen LogP contribution is -2.36. The van der Waals surface area contributed by atoms with E-state index in [1.807, 2.05) is 12.1 Å². The minimum absolute atomic E-state index is 0.0545.